The van der Waals surface area contributed by atoms with Crippen molar-refractivity contribution < 1.29 is 0 Å². The fourth-order valence-electron chi connectivity index (χ4n) is 24.7. The summed E-state index contributed by atoms with van der Waals surface area (Å²) in [6, 6.07) is 64.5. The molecule has 0 nitrogen and oxygen atoms in total. The maximum Gasteiger partial charge on any atom is 0.0867 e. The largest absolute Gasteiger partial charge is 0.0867 e. The lowest BCUT2D eigenvalue weighted by atomic mass is 9.89. The SMILES string of the molecule is CCCCCCCC[Si](CCCCCCCC)(CCCCCCCC)c1ccc(P(/C=C(/C2CCCCC2)P(c2ccc([Si](CCCCCCCC)(CCCCCCCC)CCCCCCCC)cc2)c2ccc([Si](CCCCCCCC)(CCCCCCCC)CCCCCCCC)cc2)c2ccc([Si](CCCCCCCC)(CCCCCCCC)CCCCCCCC)cc2)cc1. The summed E-state index contributed by atoms with van der Waals surface area (Å²) in [5, 5.41) is 16.0. The number of allylic oxidation sites excluding steroid dienone is 1. The third-order valence-corrected chi connectivity index (χ3v) is 60.7. The van der Waals surface area contributed by atoms with Crippen LogP contribution in [0.5, 0.6) is 0 Å². The second-order valence-electron chi connectivity index (χ2n) is 45.1. The van der Waals surface area contributed by atoms with Crippen molar-refractivity contribution in [3.05, 3.63) is 108 Å². The Bertz CT molecular complexity index is 2890. The van der Waals surface area contributed by atoms with Crippen LogP contribution in [0.4, 0.5) is 0 Å². The van der Waals surface area contributed by atoms with Crippen molar-refractivity contribution in [2.75, 3.05) is 0 Å². The molecule has 1 saturated carbocycles. The normalized spacial score (nSPS) is 13.3. The Hall–Kier alpha value is -1.65. The van der Waals surface area contributed by atoms with E-state index < -0.39 is 48.1 Å². The first-order valence-corrected chi connectivity index (χ1v) is 75.0. The molecule has 1 fully saturated rings. The summed E-state index contributed by atoms with van der Waals surface area (Å²) >= 11 is 0. The van der Waals surface area contributed by atoms with E-state index in [1.807, 2.05) is 26.1 Å². The van der Waals surface area contributed by atoms with Crippen molar-refractivity contribution in [3.63, 3.8) is 0 Å². The Balaban J connectivity index is 2.01. The summed E-state index contributed by atoms with van der Waals surface area (Å²) in [6.07, 6.45) is 109. The molecule has 6 heteroatoms. The maximum absolute atomic E-state index is 3.20. The lowest BCUT2D eigenvalue weighted by Gasteiger charge is -2.36. The number of unbranched alkanes of at least 4 members (excludes halogenated alkanes) is 60. The third kappa shape index (κ3) is 51.2. The van der Waals surface area contributed by atoms with E-state index in [1.165, 1.54) is 567 Å². The highest BCUT2D eigenvalue weighted by Crippen LogP contribution is 2.55. The first kappa shape index (κ1) is 123. The van der Waals surface area contributed by atoms with Crippen LogP contribution in [0.2, 0.25) is 72.5 Å². The van der Waals surface area contributed by atoms with Gasteiger partial charge in [0.15, 0.2) is 0 Å². The van der Waals surface area contributed by atoms with E-state index in [0.29, 0.717) is 5.92 Å². The fourth-order valence-corrected chi connectivity index (χ4v) is 51.0. The van der Waals surface area contributed by atoms with E-state index >= 15 is 0 Å². The Morgan fingerprint density at radius 2 is 0.328 bits per heavy atom. The van der Waals surface area contributed by atoms with Gasteiger partial charge in [0.05, 0.1) is 32.3 Å². The van der Waals surface area contributed by atoms with Crippen LogP contribution < -0.4 is 42.0 Å². The molecular formula is C128H232P2Si4. The molecule has 0 radical (unpaired) electrons. The van der Waals surface area contributed by atoms with E-state index in [-0.39, 0.29) is 0 Å². The van der Waals surface area contributed by atoms with Gasteiger partial charge in [-0.05, 0) is 67.0 Å². The number of benzene rings is 4. The molecule has 0 N–H and O–H groups in total. The van der Waals surface area contributed by atoms with Gasteiger partial charge in [0.25, 0.3) is 0 Å². The van der Waals surface area contributed by atoms with Crippen LogP contribution >= 0.6 is 15.8 Å². The van der Waals surface area contributed by atoms with E-state index in [2.05, 4.69) is 186 Å². The molecule has 0 aromatic heterocycles. The van der Waals surface area contributed by atoms with Crippen LogP contribution in [0.25, 0.3) is 0 Å². The highest BCUT2D eigenvalue weighted by Gasteiger charge is 2.40. The maximum atomic E-state index is 3.20. The Morgan fingerprint density at radius 3 is 0.485 bits per heavy atom. The molecule has 4 aromatic carbocycles. The van der Waals surface area contributed by atoms with Gasteiger partial charge < -0.3 is 0 Å². The minimum Gasteiger partial charge on any atom is -0.0654 e. The Kier molecular flexibility index (Phi) is 75.7. The van der Waals surface area contributed by atoms with E-state index in [4.69, 9.17) is 0 Å². The molecule has 0 aliphatic heterocycles. The first-order chi connectivity index (χ1) is 66.0. The van der Waals surface area contributed by atoms with Crippen molar-refractivity contribution in [1.29, 1.82) is 0 Å². The van der Waals surface area contributed by atoms with Crippen LogP contribution in [0.15, 0.2) is 108 Å². The van der Waals surface area contributed by atoms with Gasteiger partial charge in [0.2, 0.25) is 0 Å². The Morgan fingerprint density at radius 1 is 0.187 bits per heavy atom. The monoisotopic (exact) mass is 1940 g/mol. The van der Waals surface area contributed by atoms with Crippen molar-refractivity contribution in [2.24, 2.45) is 5.92 Å². The standard InChI is InChI=1S/C128H232P2Si4/c1-13-25-37-49-61-76-106-131(107-77-62-50-38-26-14-2,108-78-63-51-39-27-15-3)124-98-90-120(91-99-124)129(121-92-100-125(101-93-121)132(109-79-64-52-40-28-16-4,110-80-65-53-41-29-17-5)111-81-66-54-42-30-18-6)118-128(119-88-74-73-75-89-119)130(122-94-102-126(103-95-122)133(112-82-67-55-43-31-19-7,113-83-68-56-44-32-20-8)114-84-69-57-45-33-21-9)123-96-104-127(105-97-123)134(115-85-70-58-46-34-22-10,116-86-71-59-47-35-23-11)117-87-72-60-48-36-24-12/h90-105,118-119H,13-89,106-117H2,1-12H3/b128-118-. The molecule has 0 amide bonds. The molecule has 1 aliphatic rings. The Labute approximate surface area is 847 Å². The molecule has 0 bridgehead atoms. The predicted octanol–water partition coefficient (Wildman–Crippen LogP) is 42.6. The second kappa shape index (κ2) is 82.6. The lowest BCUT2D eigenvalue weighted by molar-refractivity contribution is 0.414. The number of hydrogen-bond donors (Lipinski definition) is 0. The summed E-state index contributed by atoms with van der Waals surface area (Å²) in [6.45, 7) is 29.0. The molecule has 0 saturated heterocycles. The molecule has 4 aromatic rings. The summed E-state index contributed by atoms with van der Waals surface area (Å²) in [4.78, 5) is 0. The molecule has 0 unspecified atom stereocenters. The minimum absolute atomic E-state index is 0.597. The third-order valence-electron chi connectivity index (χ3n) is 33.6. The zero-order valence-electron chi connectivity index (χ0n) is 92.7. The molecule has 5 rings (SSSR count). The second-order valence-corrected chi connectivity index (χ2v) is 67.9. The topological polar surface area (TPSA) is 0 Å². The molecule has 770 valence electrons. The van der Waals surface area contributed by atoms with Gasteiger partial charge in [-0.1, -0.05) is 755 Å². The number of hydrogen-bond acceptors (Lipinski definition) is 0. The van der Waals surface area contributed by atoms with E-state index in [1.54, 1.807) is 21.2 Å². The average molecular weight is 1950 g/mol. The van der Waals surface area contributed by atoms with Gasteiger partial charge in [0, 0.05) is 0 Å². The van der Waals surface area contributed by atoms with Gasteiger partial charge >= 0.3 is 0 Å². The first-order valence-electron chi connectivity index (χ1n) is 61.8. The van der Waals surface area contributed by atoms with Gasteiger partial charge in [-0.3, -0.25) is 0 Å². The quantitative estimate of drug-likeness (QED) is 0.0235. The van der Waals surface area contributed by atoms with Crippen LogP contribution in [-0.4, -0.2) is 32.3 Å². The van der Waals surface area contributed by atoms with Gasteiger partial charge in [0.1, 0.15) is 0 Å². The summed E-state index contributed by atoms with van der Waals surface area (Å²) in [7, 11) is -9.32. The number of rotatable bonds is 95. The van der Waals surface area contributed by atoms with E-state index in [9.17, 15) is 0 Å². The van der Waals surface area contributed by atoms with Crippen LogP contribution in [0.1, 0.15) is 577 Å². The fraction of sp³-hybridized carbons (Fsp3) is 0.797. The van der Waals surface area contributed by atoms with Crippen LogP contribution in [-0.2, 0) is 0 Å². The van der Waals surface area contributed by atoms with Crippen molar-refractivity contribution in [3.8, 4) is 0 Å². The highest BCUT2D eigenvalue weighted by atomic mass is 31.1. The zero-order valence-corrected chi connectivity index (χ0v) is 98.5. The molecule has 134 heavy (non-hydrogen) atoms. The van der Waals surface area contributed by atoms with Gasteiger partial charge in [-0.2, -0.15) is 0 Å². The summed E-state index contributed by atoms with van der Waals surface area (Å²) in [5.41, 5.74) is 0. The van der Waals surface area contributed by atoms with Gasteiger partial charge in [-0.25, -0.2) is 0 Å². The summed E-state index contributed by atoms with van der Waals surface area (Å²) < 4.78 is 0. The van der Waals surface area contributed by atoms with Gasteiger partial charge in [-0.15, -0.1) is 0 Å². The molecule has 0 heterocycles. The van der Waals surface area contributed by atoms with Crippen LogP contribution in [0, 0.1) is 5.92 Å². The van der Waals surface area contributed by atoms with Crippen molar-refractivity contribution in [2.45, 2.75) is 650 Å². The average Bonchev–Trinajstić information content (AvgIpc) is 0.765. The predicted molar refractivity (Wildman–Crippen MR) is 633 cm³/mol. The van der Waals surface area contributed by atoms with E-state index in [0.717, 1.165) is 0 Å². The van der Waals surface area contributed by atoms with Crippen molar-refractivity contribution >= 4 is 90.1 Å². The molecule has 1 aliphatic carbocycles. The smallest absolute Gasteiger partial charge is 0.0654 e. The minimum atomic E-state index is -1.90. The van der Waals surface area contributed by atoms with Crippen molar-refractivity contribution in [1.82, 2.24) is 0 Å². The lowest BCUT2D eigenvalue weighted by Crippen LogP contribution is -2.48. The zero-order chi connectivity index (χ0) is 95.9. The molecule has 0 spiro atoms. The molecule has 0 atom stereocenters. The molecular weight excluding hydrogens is 1710 g/mol. The summed E-state index contributed by atoms with van der Waals surface area (Å²) in [5.74, 6) is 3.80. The highest BCUT2D eigenvalue weighted by molar-refractivity contribution is 7.80. The van der Waals surface area contributed by atoms with Crippen LogP contribution in [0.3, 0.4) is 0 Å².